The van der Waals surface area contributed by atoms with E-state index in [-0.39, 0.29) is 5.69 Å². The van der Waals surface area contributed by atoms with E-state index in [9.17, 15) is 10.1 Å². The van der Waals surface area contributed by atoms with Gasteiger partial charge < -0.3 is 16.0 Å². The number of nitro groups is 1. The average Bonchev–Trinajstić information content (AvgIpc) is 2.82. The van der Waals surface area contributed by atoms with Gasteiger partial charge in [-0.2, -0.15) is 0 Å². The van der Waals surface area contributed by atoms with Crippen LogP contribution in [0.25, 0.3) is 11.0 Å². The number of nitrogens with one attached hydrogen (secondary N) is 2. The minimum Gasteiger partial charge on any atom is -0.399 e. The fraction of sp³-hybridized carbons (Fsp3) is 0. The number of non-ortho nitro benzene ring substituents is 1. The number of nitrogen functional groups attached to an aromatic ring is 1. The van der Waals surface area contributed by atoms with Crippen molar-refractivity contribution in [2.45, 2.75) is 0 Å². The normalized spacial score (nSPS) is 10.6. The van der Waals surface area contributed by atoms with Crippen LogP contribution in [0.4, 0.5) is 23.0 Å². The van der Waals surface area contributed by atoms with Crippen molar-refractivity contribution >= 4 is 34.0 Å². The molecule has 3 aromatic rings. The second-order valence-corrected chi connectivity index (χ2v) is 4.29. The summed E-state index contributed by atoms with van der Waals surface area (Å²) < 4.78 is 0. The third-order valence-corrected chi connectivity index (χ3v) is 2.85. The number of H-pyrrole nitrogens is 1. The first-order valence-corrected chi connectivity index (χ1v) is 5.88. The lowest BCUT2D eigenvalue weighted by Gasteiger charge is -2.02. The highest BCUT2D eigenvalue weighted by Crippen LogP contribution is 2.22. The molecule has 4 N–H and O–H groups in total. The summed E-state index contributed by atoms with van der Waals surface area (Å²) in [6.07, 6.45) is 0. The first kappa shape index (κ1) is 12.0. The predicted octanol–water partition coefficient (Wildman–Crippen LogP) is 2.80. The summed E-state index contributed by atoms with van der Waals surface area (Å²) in [6.45, 7) is 0. The minimum atomic E-state index is -0.437. The van der Waals surface area contributed by atoms with E-state index in [0.717, 1.165) is 5.69 Å². The molecule has 0 saturated carbocycles. The molecule has 1 heterocycles. The van der Waals surface area contributed by atoms with E-state index in [1.165, 1.54) is 12.1 Å². The van der Waals surface area contributed by atoms with Gasteiger partial charge in [0, 0.05) is 23.5 Å². The fourth-order valence-corrected chi connectivity index (χ4v) is 1.87. The van der Waals surface area contributed by atoms with Gasteiger partial charge in [0.2, 0.25) is 5.95 Å². The average molecular weight is 269 g/mol. The number of nitrogens with zero attached hydrogens (tertiary/aromatic N) is 2. The lowest BCUT2D eigenvalue weighted by molar-refractivity contribution is -0.384. The van der Waals surface area contributed by atoms with Crippen molar-refractivity contribution in [1.29, 1.82) is 0 Å². The maximum absolute atomic E-state index is 10.7. The Balaban J connectivity index is 1.92. The Hall–Kier alpha value is -3.09. The molecule has 0 atom stereocenters. The highest BCUT2D eigenvalue weighted by molar-refractivity contribution is 5.80. The Morgan fingerprint density at radius 3 is 2.65 bits per heavy atom. The highest BCUT2D eigenvalue weighted by Gasteiger charge is 2.09. The zero-order valence-electron chi connectivity index (χ0n) is 10.3. The molecule has 3 rings (SSSR count). The minimum absolute atomic E-state index is 0.0279. The summed E-state index contributed by atoms with van der Waals surface area (Å²) in [6, 6.07) is 11.7. The molecule has 0 radical (unpaired) electrons. The van der Waals surface area contributed by atoms with Crippen LogP contribution in [0.15, 0.2) is 42.5 Å². The van der Waals surface area contributed by atoms with Crippen molar-refractivity contribution in [2.75, 3.05) is 11.1 Å². The topological polar surface area (TPSA) is 110 Å². The van der Waals surface area contributed by atoms with Crippen LogP contribution in [0.2, 0.25) is 0 Å². The number of rotatable bonds is 3. The number of hydrogen-bond donors (Lipinski definition) is 3. The molecule has 0 aliphatic carbocycles. The molecular formula is C13H11N5O2. The molecule has 2 aromatic carbocycles. The third-order valence-electron chi connectivity index (χ3n) is 2.85. The maximum Gasteiger partial charge on any atom is 0.271 e. The Morgan fingerprint density at radius 1 is 1.20 bits per heavy atom. The maximum atomic E-state index is 10.7. The summed E-state index contributed by atoms with van der Waals surface area (Å²) in [4.78, 5) is 17.6. The lowest BCUT2D eigenvalue weighted by Crippen LogP contribution is -1.92. The molecule has 0 unspecified atom stereocenters. The van der Waals surface area contributed by atoms with Gasteiger partial charge >= 0.3 is 0 Å². The molecule has 0 aliphatic heterocycles. The number of imidazole rings is 1. The Kier molecular flexibility index (Phi) is 2.72. The van der Waals surface area contributed by atoms with Gasteiger partial charge in [-0.15, -0.1) is 0 Å². The molecule has 7 nitrogen and oxygen atoms in total. The number of fused-ring (bicyclic) bond motifs is 1. The quantitative estimate of drug-likeness (QED) is 0.384. The number of benzene rings is 2. The number of nitrogens with two attached hydrogens (primary N) is 1. The summed E-state index contributed by atoms with van der Waals surface area (Å²) >= 11 is 0. The predicted molar refractivity (Wildman–Crippen MR) is 76.9 cm³/mol. The van der Waals surface area contributed by atoms with Crippen LogP contribution >= 0.6 is 0 Å². The first-order chi connectivity index (χ1) is 9.61. The van der Waals surface area contributed by atoms with Gasteiger partial charge in [0.1, 0.15) is 0 Å². The number of anilines is 3. The van der Waals surface area contributed by atoms with E-state index >= 15 is 0 Å². The second-order valence-electron chi connectivity index (χ2n) is 4.29. The molecule has 0 bridgehead atoms. The lowest BCUT2D eigenvalue weighted by atomic mass is 10.3. The molecule has 1 aromatic heterocycles. The van der Waals surface area contributed by atoms with Gasteiger partial charge in [0.05, 0.1) is 16.0 Å². The van der Waals surface area contributed by atoms with E-state index in [2.05, 4.69) is 15.3 Å². The summed E-state index contributed by atoms with van der Waals surface area (Å²) in [5, 5.41) is 13.8. The van der Waals surface area contributed by atoms with E-state index in [1.54, 1.807) is 18.2 Å². The van der Waals surface area contributed by atoms with Gasteiger partial charge in [0.25, 0.3) is 5.69 Å². The number of aromatic nitrogens is 2. The van der Waals surface area contributed by atoms with Crippen molar-refractivity contribution in [3.8, 4) is 0 Å². The van der Waals surface area contributed by atoms with E-state index in [0.29, 0.717) is 22.7 Å². The zero-order valence-corrected chi connectivity index (χ0v) is 10.3. The zero-order chi connectivity index (χ0) is 14.1. The van der Waals surface area contributed by atoms with Crippen LogP contribution in [0, 0.1) is 10.1 Å². The van der Waals surface area contributed by atoms with E-state index in [4.69, 9.17) is 5.73 Å². The van der Waals surface area contributed by atoms with Crippen molar-refractivity contribution in [1.82, 2.24) is 9.97 Å². The van der Waals surface area contributed by atoms with Gasteiger partial charge in [-0.05, 0) is 30.3 Å². The number of hydrogen-bond acceptors (Lipinski definition) is 5. The first-order valence-electron chi connectivity index (χ1n) is 5.88. The van der Waals surface area contributed by atoms with Crippen LogP contribution in [0.5, 0.6) is 0 Å². The fourth-order valence-electron chi connectivity index (χ4n) is 1.87. The van der Waals surface area contributed by atoms with Crippen LogP contribution in [0.1, 0.15) is 0 Å². The van der Waals surface area contributed by atoms with Gasteiger partial charge in [-0.25, -0.2) is 4.98 Å². The van der Waals surface area contributed by atoms with Crippen LogP contribution in [-0.4, -0.2) is 14.9 Å². The van der Waals surface area contributed by atoms with Crippen molar-refractivity contribution in [3.63, 3.8) is 0 Å². The summed E-state index contributed by atoms with van der Waals surface area (Å²) in [5.74, 6) is 0.519. The number of aromatic amines is 1. The number of nitro benzene ring substituents is 1. The molecule has 20 heavy (non-hydrogen) atoms. The summed E-state index contributed by atoms with van der Waals surface area (Å²) in [5.41, 5.74) is 8.41. The van der Waals surface area contributed by atoms with Crippen LogP contribution in [-0.2, 0) is 0 Å². The molecule has 0 saturated heterocycles. The molecule has 100 valence electrons. The molecule has 0 spiro atoms. The van der Waals surface area contributed by atoms with Gasteiger partial charge in [-0.1, -0.05) is 0 Å². The monoisotopic (exact) mass is 269 g/mol. The van der Waals surface area contributed by atoms with Crippen molar-refractivity contribution in [2.24, 2.45) is 0 Å². The second kappa shape index (κ2) is 4.54. The molecule has 0 fully saturated rings. The largest absolute Gasteiger partial charge is 0.399 e. The van der Waals surface area contributed by atoms with Crippen molar-refractivity contribution in [3.05, 3.63) is 52.6 Å². The molecule has 7 heteroatoms. The SMILES string of the molecule is Nc1ccc(Nc2nc3ccc([N+](=O)[O-])cc3[nH]2)cc1. The highest BCUT2D eigenvalue weighted by atomic mass is 16.6. The van der Waals surface area contributed by atoms with Crippen LogP contribution < -0.4 is 11.1 Å². The Bertz CT molecular complexity index is 779. The molecular weight excluding hydrogens is 258 g/mol. The summed E-state index contributed by atoms with van der Waals surface area (Å²) in [7, 11) is 0. The van der Waals surface area contributed by atoms with Gasteiger partial charge in [0.15, 0.2) is 0 Å². The van der Waals surface area contributed by atoms with Crippen molar-refractivity contribution < 1.29 is 4.92 Å². The standard InChI is InChI=1S/C13H11N5O2/c14-8-1-3-9(4-2-8)15-13-16-11-6-5-10(18(19)20)7-12(11)17-13/h1-7H,14H2,(H2,15,16,17). The molecule has 0 amide bonds. The third kappa shape index (κ3) is 2.24. The Morgan fingerprint density at radius 2 is 1.95 bits per heavy atom. The molecule has 0 aliphatic rings. The smallest absolute Gasteiger partial charge is 0.271 e. The Labute approximate surface area is 113 Å². The van der Waals surface area contributed by atoms with Gasteiger partial charge in [-0.3, -0.25) is 10.1 Å². The van der Waals surface area contributed by atoms with E-state index in [1.807, 2.05) is 12.1 Å². The van der Waals surface area contributed by atoms with E-state index < -0.39 is 4.92 Å². The van der Waals surface area contributed by atoms with Crippen LogP contribution in [0.3, 0.4) is 0 Å².